The zero-order valence-corrected chi connectivity index (χ0v) is 22.0. The molecule has 1 fully saturated rings. The maximum Gasteiger partial charge on any atom is 0.261 e. The standard InChI is InChI=1S/C32H38N2O3/c1-24-18-19-25(2)30(20-24)37-23-31(35)34(22-27-14-8-4-9-15-27)29(21-26-12-6-3-7-13-26)32(36)33-28-16-10-5-11-17-28/h3-4,6-9,12-15,18-20,28-29H,5,10-11,16-17,21-23H2,1-2H3,(H,33,36)/t29-/m1/s1. The minimum absolute atomic E-state index is 0.0910. The van der Waals surface area contributed by atoms with Gasteiger partial charge in [-0.1, -0.05) is 92.1 Å². The van der Waals surface area contributed by atoms with Gasteiger partial charge in [0.15, 0.2) is 6.61 Å². The Bertz CT molecular complexity index is 1160. The van der Waals surface area contributed by atoms with Gasteiger partial charge in [0.2, 0.25) is 5.91 Å². The molecule has 0 aliphatic heterocycles. The number of carbonyl (C=O) groups is 2. The number of nitrogens with zero attached hydrogens (tertiary/aromatic N) is 1. The van der Waals surface area contributed by atoms with Crippen LogP contribution in [0.15, 0.2) is 78.9 Å². The molecule has 0 spiro atoms. The van der Waals surface area contributed by atoms with Gasteiger partial charge < -0.3 is 15.0 Å². The zero-order chi connectivity index (χ0) is 26.0. The molecule has 1 aliphatic rings. The normalized spacial score (nSPS) is 14.5. The van der Waals surface area contributed by atoms with Crippen molar-refractivity contribution in [3.63, 3.8) is 0 Å². The number of aryl methyl sites for hydroxylation is 2. The van der Waals surface area contributed by atoms with Crippen molar-refractivity contribution in [1.29, 1.82) is 0 Å². The Morgan fingerprint density at radius 2 is 1.54 bits per heavy atom. The lowest BCUT2D eigenvalue weighted by Gasteiger charge is -2.33. The van der Waals surface area contributed by atoms with E-state index in [2.05, 4.69) is 5.32 Å². The SMILES string of the molecule is Cc1ccc(C)c(OCC(=O)N(Cc2ccccc2)[C@H](Cc2ccccc2)C(=O)NC2CCCCC2)c1. The third-order valence-corrected chi connectivity index (χ3v) is 7.11. The maximum atomic E-state index is 13.8. The molecule has 2 amide bonds. The number of hydrogen-bond acceptors (Lipinski definition) is 3. The van der Waals surface area contributed by atoms with E-state index in [4.69, 9.17) is 4.74 Å². The fraction of sp³-hybridized carbons (Fsp3) is 0.375. The summed E-state index contributed by atoms with van der Waals surface area (Å²) >= 11 is 0. The predicted octanol–water partition coefficient (Wildman–Crippen LogP) is 5.77. The van der Waals surface area contributed by atoms with Gasteiger partial charge in [-0.15, -0.1) is 0 Å². The quantitative estimate of drug-likeness (QED) is 0.386. The Morgan fingerprint density at radius 3 is 2.22 bits per heavy atom. The maximum absolute atomic E-state index is 13.8. The van der Waals surface area contributed by atoms with Gasteiger partial charge in [0.25, 0.3) is 5.91 Å². The van der Waals surface area contributed by atoms with E-state index in [0.717, 1.165) is 47.9 Å². The minimum atomic E-state index is -0.640. The summed E-state index contributed by atoms with van der Waals surface area (Å²) in [6.45, 7) is 4.18. The summed E-state index contributed by atoms with van der Waals surface area (Å²) in [7, 11) is 0. The Hall–Kier alpha value is -3.60. The number of ether oxygens (including phenoxy) is 1. The first kappa shape index (κ1) is 26.5. The van der Waals surface area contributed by atoms with E-state index in [-0.39, 0.29) is 24.5 Å². The first-order valence-corrected chi connectivity index (χ1v) is 13.4. The number of amides is 2. The van der Waals surface area contributed by atoms with Crippen molar-refractivity contribution < 1.29 is 14.3 Å². The van der Waals surface area contributed by atoms with Crippen LogP contribution in [-0.4, -0.2) is 35.4 Å². The molecule has 1 saturated carbocycles. The number of carbonyl (C=O) groups excluding carboxylic acids is 2. The summed E-state index contributed by atoms with van der Waals surface area (Å²) in [4.78, 5) is 29.2. The molecule has 0 radical (unpaired) electrons. The fourth-order valence-corrected chi connectivity index (χ4v) is 4.96. The molecule has 3 aromatic carbocycles. The number of nitrogens with one attached hydrogen (secondary N) is 1. The van der Waals surface area contributed by atoms with Crippen LogP contribution in [0.1, 0.15) is 54.4 Å². The molecule has 1 aliphatic carbocycles. The van der Waals surface area contributed by atoms with Crippen LogP contribution in [0, 0.1) is 13.8 Å². The molecule has 0 unspecified atom stereocenters. The van der Waals surface area contributed by atoms with Crippen molar-refractivity contribution in [3.05, 3.63) is 101 Å². The lowest BCUT2D eigenvalue weighted by molar-refractivity contribution is -0.143. The topological polar surface area (TPSA) is 58.6 Å². The van der Waals surface area contributed by atoms with Crippen LogP contribution in [0.25, 0.3) is 0 Å². The lowest BCUT2D eigenvalue weighted by atomic mass is 9.94. The van der Waals surface area contributed by atoms with Gasteiger partial charge in [-0.25, -0.2) is 0 Å². The Kier molecular flexibility index (Phi) is 9.36. The highest BCUT2D eigenvalue weighted by molar-refractivity contribution is 5.88. The van der Waals surface area contributed by atoms with E-state index in [1.54, 1.807) is 4.90 Å². The van der Waals surface area contributed by atoms with E-state index in [1.807, 2.05) is 92.7 Å². The second kappa shape index (κ2) is 13.1. The highest BCUT2D eigenvalue weighted by atomic mass is 16.5. The average Bonchev–Trinajstić information content (AvgIpc) is 2.92. The van der Waals surface area contributed by atoms with E-state index >= 15 is 0 Å². The highest BCUT2D eigenvalue weighted by Gasteiger charge is 2.32. The molecule has 5 heteroatoms. The molecule has 1 atom stereocenters. The first-order valence-electron chi connectivity index (χ1n) is 13.4. The van der Waals surface area contributed by atoms with Gasteiger partial charge in [0.05, 0.1) is 0 Å². The molecule has 1 N–H and O–H groups in total. The zero-order valence-electron chi connectivity index (χ0n) is 22.0. The third kappa shape index (κ3) is 7.69. The minimum Gasteiger partial charge on any atom is -0.483 e. The number of rotatable bonds is 10. The highest BCUT2D eigenvalue weighted by Crippen LogP contribution is 2.22. The summed E-state index contributed by atoms with van der Waals surface area (Å²) in [5.74, 6) is 0.399. The monoisotopic (exact) mass is 498 g/mol. The van der Waals surface area contributed by atoms with E-state index in [1.165, 1.54) is 6.42 Å². The molecule has 194 valence electrons. The van der Waals surface area contributed by atoms with Crippen LogP contribution < -0.4 is 10.1 Å². The van der Waals surface area contributed by atoms with Crippen molar-refractivity contribution in [2.45, 2.75) is 71.0 Å². The molecular formula is C32H38N2O3. The van der Waals surface area contributed by atoms with Gasteiger partial charge in [0, 0.05) is 19.0 Å². The molecule has 4 rings (SSSR count). The molecule has 0 aromatic heterocycles. The van der Waals surface area contributed by atoms with Gasteiger partial charge in [-0.2, -0.15) is 0 Å². The molecule has 0 heterocycles. The van der Waals surface area contributed by atoms with Crippen LogP contribution in [-0.2, 0) is 22.6 Å². The van der Waals surface area contributed by atoms with Gasteiger partial charge in [0.1, 0.15) is 11.8 Å². The van der Waals surface area contributed by atoms with E-state index in [9.17, 15) is 9.59 Å². The fourth-order valence-electron chi connectivity index (χ4n) is 4.96. The molecule has 0 saturated heterocycles. The second-order valence-corrected chi connectivity index (χ2v) is 10.1. The van der Waals surface area contributed by atoms with Crippen molar-refractivity contribution >= 4 is 11.8 Å². The van der Waals surface area contributed by atoms with Crippen molar-refractivity contribution in [1.82, 2.24) is 10.2 Å². The van der Waals surface area contributed by atoms with Crippen LogP contribution in [0.4, 0.5) is 0 Å². The van der Waals surface area contributed by atoms with Crippen molar-refractivity contribution in [2.24, 2.45) is 0 Å². The summed E-state index contributed by atoms with van der Waals surface area (Å²) in [5.41, 5.74) is 4.05. The van der Waals surface area contributed by atoms with Crippen LogP contribution >= 0.6 is 0 Å². The van der Waals surface area contributed by atoms with Crippen LogP contribution in [0.5, 0.6) is 5.75 Å². The Morgan fingerprint density at radius 1 is 0.892 bits per heavy atom. The number of benzene rings is 3. The summed E-state index contributed by atoms with van der Waals surface area (Å²) in [6.07, 6.45) is 5.91. The third-order valence-electron chi connectivity index (χ3n) is 7.11. The lowest BCUT2D eigenvalue weighted by Crippen LogP contribution is -2.53. The van der Waals surface area contributed by atoms with E-state index in [0.29, 0.717) is 18.7 Å². The molecule has 5 nitrogen and oxygen atoms in total. The molecule has 0 bridgehead atoms. The van der Waals surface area contributed by atoms with E-state index < -0.39 is 6.04 Å². The summed E-state index contributed by atoms with van der Waals surface area (Å²) in [5, 5.41) is 3.28. The van der Waals surface area contributed by atoms with Crippen LogP contribution in [0.2, 0.25) is 0 Å². The largest absolute Gasteiger partial charge is 0.483 e. The molecular weight excluding hydrogens is 460 g/mol. The smallest absolute Gasteiger partial charge is 0.261 e. The summed E-state index contributed by atoms with van der Waals surface area (Å²) < 4.78 is 6.01. The number of hydrogen-bond donors (Lipinski definition) is 1. The van der Waals surface area contributed by atoms with Gasteiger partial charge in [-0.05, 0) is 55.0 Å². The van der Waals surface area contributed by atoms with Crippen molar-refractivity contribution in [2.75, 3.05) is 6.61 Å². The first-order chi connectivity index (χ1) is 18.0. The molecule has 37 heavy (non-hydrogen) atoms. The van der Waals surface area contributed by atoms with Crippen LogP contribution in [0.3, 0.4) is 0 Å². The Labute approximate surface area is 220 Å². The van der Waals surface area contributed by atoms with Crippen molar-refractivity contribution in [3.8, 4) is 5.75 Å². The Balaban J connectivity index is 1.60. The van der Waals surface area contributed by atoms with Gasteiger partial charge in [-0.3, -0.25) is 9.59 Å². The predicted molar refractivity (Wildman–Crippen MR) is 147 cm³/mol. The van der Waals surface area contributed by atoms with Gasteiger partial charge >= 0.3 is 0 Å². The average molecular weight is 499 g/mol. The second-order valence-electron chi connectivity index (χ2n) is 10.1. The summed E-state index contributed by atoms with van der Waals surface area (Å²) in [6, 6.07) is 25.3. The molecule has 3 aromatic rings.